The number of carbonyl (C=O) groups excluding carboxylic acids is 1. The maximum Gasteiger partial charge on any atom is 0.257 e. The summed E-state index contributed by atoms with van der Waals surface area (Å²) in [7, 11) is -3.85. The molecule has 0 aliphatic rings. The Morgan fingerprint density at radius 2 is 2.05 bits per heavy atom. The molecule has 0 saturated carbocycles. The summed E-state index contributed by atoms with van der Waals surface area (Å²) in [6, 6.07) is 5.92. The molecule has 0 aliphatic heterocycles. The highest BCUT2D eigenvalue weighted by Gasteiger charge is 2.16. The van der Waals surface area contributed by atoms with Gasteiger partial charge in [-0.25, -0.2) is 13.6 Å². The molecule has 1 amide bonds. The number of nitrogens with zero attached hydrogens (tertiary/aromatic N) is 1. The molecule has 0 saturated heterocycles. The number of halogens is 1. The van der Waals surface area contributed by atoms with Gasteiger partial charge in [0.1, 0.15) is 0 Å². The molecule has 0 aliphatic carbocycles. The van der Waals surface area contributed by atoms with Crippen molar-refractivity contribution in [2.45, 2.75) is 11.8 Å². The number of primary sulfonamides is 1. The van der Waals surface area contributed by atoms with Crippen molar-refractivity contribution in [2.24, 2.45) is 5.14 Å². The van der Waals surface area contributed by atoms with Crippen LogP contribution >= 0.6 is 11.6 Å². The topological polar surface area (TPSA) is 102 Å². The number of aromatic nitrogens is 1. The summed E-state index contributed by atoms with van der Waals surface area (Å²) >= 11 is 5.89. The van der Waals surface area contributed by atoms with Crippen LogP contribution in [0.25, 0.3) is 0 Å². The van der Waals surface area contributed by atoms with Gasteiger partial charge in [0, 0.05) is 18.1 Å². The molecule has 0 spiro atoms. The van der Waals surface area contributed by atoms with Crippen LogP contribution in [0.1, 0.15) is 15.9 Å². The first-order valence-corrected chi connectivity index (χ1v) is 7.76. The second kappa shape index (κ2) is 5.80. The van der Waals surface area contributed by atoms with E-state index in [0.29, 0.717) is 11.3 Å². The number of carbonyl (C=O) groups is 1. The quantitative estimate of drug-likeness (QED) is 0.900. The predicted octanol–water partition coefficient (Wildman–Crippen LogP) is 1.94. The zero-order valence-corrected chi connectivity index (χ0v) is 12.6. The van der Waals surface area contributed by atoms with Gasteiger partial charge in [0.2, 0.25) is 10.0 Å². The Morgan fingerprint density at radius 3 is 2.67 bits per heavy atom. The number of benzene rings is 1. The van der Waals surface area contributed by atoms with Crippen molar-refractivity contribution in [3.8, 4) is 0 Å². The number of pyridine rings is 1. The molecule has 3 N–H and O–H groups in total. The monoisotopic (exact) mass is 325 g/mol. The maximum absolute atomic E-state index is 12.1. The van der Waals surface area contributed by atoms with Crippen molar-refractivity contribution in [3.63, 3.8) is 0 Å². The molecule has 110 valence electrons. The number of nitrogens with one attached hydrogen (secondary N) is 1. The van der Waals surface area contributed by atoms with Crippen molar-refractivity contribution in [3.05, 3.63) is 52.8 Å². The first kappa shape index (κ1) is 15.4. The third-order valence-electron chi connectivity index (χ3n) is 2.86. The highest BCUT2D eigenvalue weighted by molar-refractivity contribution is 7.89. The molecular formula is C13H12ClN3O3S. The molecule has 2 rings (SSSR count). The Balaban J connectivity index is 2.37. The van der Waals surface area contributed by atoms with Crippen molar-refractivity contribution < 1.29 is 13.2 Å². The van der Waals surface area contributed by atoms with Gasteiger partial charge in [0.15, 0.2) is 0 Å². The van der Waals surface area contributed by atoms with Gasteiger partial charge in [-0.1, -0.05) is 17.7 Å². The first-order valence-electron chi connectivity index (χ1n) is 5.84. The van der Waals surface area contributed by atoms with Gasteiger partial charge >= 0.3 is 0 Å². The van der Waals surface area contributed by atoms with E-state index >= 15 is 0 Å². The molecule has 0 radical (unpaired) electrons. The molecule has 1 heterocycles. The molecule has 0 bridgehead atoms. The van der Waals surface area contributed by atoms with E-state index in [1.54, 1.807) is 13.0 Å². The average Bonchev–Trinajstić information content (AvgIpc) is 2.40. The van der Waals surface area contributed by atoms with Crippen molar-refractivity contribution in [2.75, 3.05) is 5.32 Å². The van der Waals surface area contributed by atoms with E-state index in [9.17, 15) is 13.2 Å². The van der Waals surface area contributed by atoms with Crippen LogP contribution in [-0.4, -0.2) is 19.3 Å². The third-order valence-corrected chi connectivity index (χ3v) is 4.21. The number of nitrogens with two attached hydrogens (primary N) is 1. The summed E-state index contributed by atoms with van der Waals surface area (Å²) < 4.78 is 22.9. The first-order chi connectivity index (χ1) is 9.80. The minimum Gasteiger partial charge on any atom is -0.322 e. The number of rotatable bonds is 3. The lowest BCUT2D eigenvalue weighted by Gasteiger charge is -2.11. The fourth-order valence-electron chi connectivity index (χ4n) is 1.81. The summed E-state index contributed by atoms with van der Waals surface area (Å²) in [6.07, 6.45) is 2.79. The largest absolute Gasteiger partial charge is 0.322 e. The average molecular weight is 326 g/mol. The second-order valence-electron chi connectivity index (χ2n) is 4.28. The summed E-state index contributed by atoms with van der Waals surface area (Å²) in [4.78, 5) is 15.9. The number of hydrogen-bond donors (Lipinski definition) is 2. The lowest BCUT2D eigenvalue weighted by atomic mass is 10.2. The van der Waals surface area contributed by atoms with Crippen LogP contribution < -0.4 is 10.5 Å². The third kappa shape index (κ3) is 3.38. The van der Waals surface area contributed by atoms with E-state index in [0.717, 1.165) is 0 Å². The molecule has 1 aromatic carbocycles. The standard InChI is InChI=1S/C13H12ClN3O3S/c1-8-11(3-2-4-12(8)21(15,19)20)17-13(18)9-5-6-16-7-10(9)14/h2-7H,1H3,(H,17,18)(H2,15,19,20). The smallest absolute Gasteiger partial charge is 0.257 e. The van der Waals surface area contributed by atoms with Crippen LogP contribution in [0.5, 0.6) is 0 Å². The summed E-state index contributed by atoms with van der Waals surface area (Å²) in [5.41, 5.74) is 0.949. The molecule has 1 aromatic heterocycles. The van der Waals surface area contributed by atoms with E-state index in [1.807, 2.05) is 0 Å². The van der Waals surface area contributed by atoms with E-state index in [1.165, 1.54) is 30.6 Å². The highest BCUT2D eigenvalue weighted by Crippen LogP contribution is 2.23. The van der Waals surface area contributed by atoms with Gasteiger partial charge in [0.05, 0.1) is 15.5 Å². The van der Waals surface area contributed by atoms with E-state index < -0.39 is 15.9 Å². The zero-order chi connectivity index (χ0) is 15.6. The van der Waals surface area contributed by atoms with E-state index in [4.69, 9.17) is 16.7 Å². The van der Waals surface area contributed by atoms with Crippen LogP contribution in [0.3, 0.4) is 0 Å². The summed E-state index contributed by atoms with van der Waals surface area (Å²) in [5.74, 6) is -0.461. The molecule has 2 aromatic rings. The second-order valence-corrected chi connectivity index (χ2v) is 6.22. The molecule has 8 heteroatoms. The molecule has 6 nitrogen and oxygen atoms in total. The van der Waals surface area contributed by atoms with Gasteiger partial charge in [-0.15, -0.1) is 0 Å². The minimum atomic E-state index is -3.85. The molecule has 0 fully saturated rings. The normalized spacial score (nSPS) is 11.2. The van der Waals surface area contributed by atoms with Crippen LogP contribution in [0.15, 0.2) is 41.6 Å². The van der Waals surface area contributed by atoms with Crippen LogP contribution in [0, 0.1) is 6.92 Å². The van der Waals surface area contributed by atoms with Gasteiger partial charge in [0.25, 0.3) is 5.91 Å². The Hall–Kier alpha value is -1.96. The van der Waals surface area contributed by atoms with Crippen LogP contribution in [-0.2, 0) is 10.0 Å². The van der Waals surface area contributed by atoms with Crippen molar-refractivity contribution >= 4 is 33.2 Å². The number of hydrogen-bond acceptors (Lipinski definition) is 4. The Labute approximate surface area is 127 Å². The molecule has 21 heavy (non-hydrogen) atoms. The summed E-state index contributed by atoms with van der Waals surface area (Å²) in [5, 5.41) is 7.94. The lowest BCUT2D eigenvalue weighted by molar-refractivity contribution is 0.102. The maximum atomic E-state index is 12.1. The number of anilines is 1. The van der Waals surface area contributed by atoms with Gasteiger partial charge in [-0.3, -0.25) is 9.78 Å². The van der Waals surface area contributed by atoms with Gasteiger partial charge in [-0.05, 0) is 30.7 Å². The fourth-order valence-corrected chi connectivity index (χ4v) is 2.82. The summed E-state index contributed by atoms with van der Waals surface area (Å²) in [6.45, 7) is 1.56. The van der Waals surface area contributed by atoms with E-state index in [-0.39, 0.29) is 15.5 Å². The minimum absolute atomic E-state index is 0.0406. The van der Waals surface area contributed by atoms with Gasteiger partial charge in [-0.2, -0.15) is 0 Å². The highest BCUT2D eigenvalue weighted by atomic mass is 35.5. The molecule has 0 atom stereocenters. The fraction of sp³-hybridized carbons (Fsp3) is 0.0769. The van der Waals surface area contributed by atoms with Crippen molar-refractivity contribution in [1.82, 2.24) is 4.98 Å². The number of amides is 1. The zero-order valence-electron chi connectivity index (χ0n) is 11.0. The SMILES string of the molecule is Cc1c(NC(=O)c2ccncc2Cl)cccc1S(N)(=O)=O. The van der Waals surface area contributed by atoms with Crippen LogP contribution in [0.4, 0.5) is 5.69 Å². The molecule has 0 unspecified atom stereocenters. The molecular weight excluding hydrogens is 314 g/mol. The predicted molar refractivity (Wildman–Crippen MR) is 79.8 cm³/mol. The van der Waals surface area contributed by atoms with Crippen LogP contribution in [0.2, 0.25) is 5.02 Å². The van der Waals surface area contributed by atoms with E-state index in [2.05, 4.69) is 10.3 Å². The van der Waals surface area contributed by atoms with Gasteiger partial charge < -0.3 is 5.32 Å². The Bertz CT molecular complexity index is 806. The Kier molecular flexibility index (Phi) is 4.26. The Morgan fingerprint density at radius 1 is 1.33 bits per heavy atom. The number of sulfonamides is 1. The lowest BCUT2D eigenvalue weighted by Crippen LogP contribution is -2.17. The van der Waals surface area contributed by atoms with Crippen molar-refractivity contribution in [1.29, 1.82) is 0 Å².